The summed E-state index contributed by atoms with van der Waals surface area (Å²) in [6.45, 7) is 1.87. The molecule has 0 aliphatic heterocycles. The van der Waals surface area contributed by atoms with Crippen molar-refractivity contribution in [2.24, 2.45) is 10.7 Å². The Labute approximate surface area is 125 Å². The minimum absolute atomic E-state index is 0.204. The fourth-order valence-corrected chi connectivity index (χ4v) is 1.56. The largest absolute Gasteiger partial charge is 0.573 e. The molecular weight excluding hydrogens is 299 g/mol. The molecule has 0 unspecified atom stereocenters. The molecule has 5 N–H and O–H groups in total. The molecule has 1 rings (SSSR count). The highest BCUT2D eigenvalue weighted by molar-refractivity contribution is 6.41. The number of benzene rings is 1. The van der Waals surface area contributed by atoms with Gasteiger partial charge in [0.1, 0.15) is 11.6 Å². The lowest BCUT2D eigenvalue weighted by molar-refractivity contribution is -0.274. The summed E-state index contributed by atoms with van der Waals surface area (Å²) in [5.41, 5.74) is 5.78. The van der Waals surface area contributed by atoms with Crippen LogP contribution in [0.4, 0.5) is 18.9 Å². The second kappa shape index (κ2) is 7.43. The van der Waals surface area contributed by atoms with Crippen LogP contribution in [0, 0.1) is 10.8 Å². The topological polar surface area (TPSA) is 107 Å². The summed E-state index contributed by atoms with van der Waals surface area (Å²) in [4.78, 5) is 3.84. The fourth-order valence-electron chi connectivity index (χ4n) is 1.56. The SMILES string of the molecule is CCCC(=NC(=N)Nc1cccc(OC(F)(F)F)c1)C(=N)N. The van der Waals surface area contributed by atoms with Gasteiger partial charge in [-0.05, 0) is 18.6 Å². The predicted molar refractivity (Wildman–Crippen MR) is 78.7 cm³/mol. The van der Waals surface area contributed by atoms with Crippen LogP contribution in [0.3, 0.4) is 0 Å². The lowest BCUT2D eigenvalue weighted by atomic mass is 10.2. The predicted octanol–water partition coefficient (Wildman–Crippen LogP) is 3.11. The Morgan fingerprint density at radius 2 is 2.05 bits per heavy atom. The zero-order valence-electron chi connectivity index (χ0n) is 11.8. The number of ether oxygens (including phenoxy) is 1. The van der Waals surface area contributed by atoms with E-state index in [-0.39, 0.29) is 23.2 Å². The highest BCUT2D eigenvalue weighted by atomic mass is 19.4. The molecule has 0 saturated carbocycles. The number of hydrogen-bond acceptors (Lipinski definition) is 3. The van der Waals surface area contributed by atoms with E-state index in [1.165, 1.54) is 12.1 Å². The molecule has 120 valence electrons. The van der Waals surface area contributed by atoms with Gasteiger partial charge < -0.3 is 15.8 Å². The molecule has 9 heteroatoms. The first-order valence-electron chi connectivity index (χ1n) is 6.34. The molecule has 0 bridgehead atoms. The molecule has 1 aromatic carbocycles. The van der Waals surface area contributed by atoms with E-state index in [1.807, 2.05) is 6.92 Å². The number of nitrogens with one attached hydrogen (secondary N) is 3. The number of hydrogen-bond donors (Lipinski definition) is 4. The van der Waals surface area contributed by atoms with Crippen molar-refractivity contribution in [1.82, 2.24) is 0 Å². The maximum Gasteiger partial charge on any atom is 0.573 e. The number of amidine groups is 1. The lowest BCUT2D eigenvalue weighted by Crippen LogP contribution is -2.24. The lowest BCUT2D eigenvalue weighted by Gasteiger charge is -2.11. The van der Waals surface area contributed by atoms with Gasteiger partial charge >= 0.3 is 6.36 Å². The highest BCUT2D eigenvalue weighted by Crippen LogP contribution is 2.25. The summed E-state index contributed by atoms with van der Waals surface area (Å²) in [6, 6.07) is 5.04. The zero-order chi connectivity index (χ0) is 16.8. The first-order valence-corrected chi connectivity index (χ1v) is 6.34. The molecule has 0 heterocycles. The Morgan fingerprint density at radius 1 is 1.36 bits per heavy atom. The molecule has 0 atom stereocenters. The molecule has 0 saturated heterocycles. The highest BCUT2D eigenvalue weighted by Gasteiger charge is 2.31. The monoisotopic (exact) mass is 315 g/mol. The van der Waals surface area contributed by atoms with Crippen molar-refractivity contribution in [2.45, 2.75) is 26.1 Å². The van der Waals surface area contributed by atoms with Crippen molar-refractivity contribution in [3.05, 3.63) is 24.3 Å². The van der Waals surface area contributed by atoms with E-state index in [2.05, 4.69) is 15.0 Å². The molecule has 0 aliphatic rings. The Kier molecular flexibility index (Phi) is 5.90. The molecule has 0 aromatic heterocycles. The van der Waals surface area contributed by atoms with Crippen LogP contribution < -0.4 is 15.8 Å². The van der Waals surface area contributed by atoms with Gasteiger partial charge in [-0.25, -0.2) is 4.99 Å². The van der Waals surface area contributed by atoms with Crippen LogP contribution in [0.2, 0.25) is 0 Å². The molecule has 0 spiro atoms. The minimum Gasteiger partial charge on any atom is -0.406 e. The van der Waals surface area contributed by atoms with E-state index in [9.17, 15) is 13.2 Å². The van der Waals surface area contributed by atoms with Crippen LogP contribution in [-0.4, -0.2) is 23.9 Å². The maximum atomic E-state index is 12.1. The van der Waals surface area contributed by atoms with Crippen LogP contribution in [0.5, 0.6) is 5.75 Å². The molecule has 0 aliphatic carbocycles. The Bertz CT molecular complexity index is 583. The van der Waals surface area contributed by atoms with E-state index in [4.69, 9.17) is 16.6 Å². The molecule has 0 fully saturated rings. The van der Waals surface area contributed by atoms with Gasteiger partial charge in [-0.15, -0.1) is 13.2 Å². The Hall–Kier alpha value is -2.58. The first kappa shape index (κ1) is 17.5. The van der Waals surface area contributed by atoms with Gasteiger partial charge in [-0.2, -0.15) is 0 Å². The second-order valence-corrected chi connectivity index (χ2v) is 4.27. The van der Waals surface area contributed by atoms with Gasteiger partial charge in [-0.3, -0.25) is 10.8 Å². The summed E-state index contributed by atoms with van der Waals surface area (Å²) >= 11 is 0. The average molecular weight is 315 g/mol. The zero-order valence-corrected chi connectivity index (χ0v) is 11.8. The molecule has 1 aromatic rings. The quantitative estimate of drug-likeness (QED) is 0.495. The minimum atomic E-state index is -4.78. The van der Waals surface area contributed by atoms with Gasteiger partial charge in [-0.1, -0.05) is 19.4 Å². The summed E-state index contributed by atoms with van der Waals surface area (Å²) in [5.74, 6) is -0.986. The molecule has 6 nitrogen and oxygen atoms in total. The molecule has 0 radical (unpaired) electrons. The van der Waals surface area contributed by atoms with Crippen molar-refractivity contribution in [2.75, 3.05) is 5.32 Å². The number of alkyl halides is 3. The number of guanidine groups is 1. The summed E-state index contributed by atoms with van der Waals surface area (Å²) in [6.07, 6.45) is -3.66. The average Bonchev–Trinajstić information content (AvgIpc) is 2.36. The number of anilines is 1. The van der Waals surface area contributed by atoms with Crippen LogP contribution in [0.25, 0.3) is 0 Å². The van der Waals surface area contributed by atoms with Crippen LogP contribution >= 0.6 is 0 Å². The van der Waals surface area contributed by atoms with Gasteiger partial charge in [0.25, 0.3) is 0 Å². The van der Waals surface area contributed by atoms with Crippen molar-refractivity contribution in [3.63, 3.8) is 0 Å². The van der Waals surface area contributed by atoms with Crippen LogP contribution in [-0.2, 0) is 0 Å². The number of aliphatic imine (C=N–C) groups is 1. The van der Waals surface area contributed by atoms with E-state index < -0.39 is 12.1 Å². The van der Waals surface area contributed by atoms with Crippen LogP contribution in [0.1, 0.15) is 19.8 Å². The van der Waals surface area contributed by atoms with E-state index in [1.54, 1.807) is 0 Å². The van der Waals surface area contributed by atoms with Crippen LogP contribution in [0.15, 0.2) is 29.3 Å². The number of halogens is 3. The van der Waals surface area contributed by atoms with Crippen molar-refractivity contribution in [3.8, 4) is 5.75 Å². The van der Waals surface area contributed by atoms with Gasteiger partial charge in [0, 0.05) is 11.8 Å². The molecule has 0 amide bonds. The smallest absolute Gasteiger partial charge is 0.406 e. The first-order chi connectivity index (χ1) is 10.2. The third-order valence-corrected chi connectivity index (χ3v) is 2.37. The molecule has 22 heavy (non-hydrogen) atoms. The third kappa shape index (κ3) is 6.25. The van der Waals surface area contributed by atoms with Crippen molar-refractivity contribution in [1.29, 1.82) is 10.8 Å². The summed E-state index contributed by atoms with van der Waals surface area (Å²) < 4.78 is 40.2. The number of nitrogens with two attached hydrogens (primary N) is 1. The van der Waals surface area contributed by atoms with E-state index in [0.717, 1.165) is 12.1 Å². The molecular formula is C13H16F3N5O. The Balaban J connectivity index is 2.82. The Morgan fingerprint density at radius 3 is 2.59 bits per heavy atom. The van der Waals surface area contributed by atoms with Gasteiger partial charge in [0.05, 0.1) is 5.71 Å². The number of rotatable bonds is 5. The van der Waals surface area contributed by atoms with Crippen molar-refractivity contribution >= 4 is 23.2 Å². The maximum absolute atomic E-state index is 12.1. The van der Waals surface area contributed by atoms with Gasteiger partial charge in [0.2, 0.25) is 5.96 Å². The summed E-state index contributed by atoms with van der Waals surface area (Å²) in [7, 11) is 0. The second-order valence-electron chi connectivity index (χ2n) is 4.27. The van der Waals surface area contributed by atoms with Crippen molar-refractivity contribution < 1.29 is 17.9 Å². The van der Waals surface area contributed by atoms with E-state index in [0.29, 0.717) is 12.8 Å². The summed E-state index contributed by atoms with van der Waals surface area (Å²) in [5, 5.41) is 17.5. The number of nitrogens with zero attached hydrogens (tertiary/aromatic N) is 1. The third-order valence-electron chi connectivity index (χ3n) is 2.37. The standard InChI is InChI=1S/C13H16F3N5O/c1-2-4-10(11(17)18)21-12(19)20-8-5-3-6-9(7-8)22-13(14,15)16/h3,5-7H,2,4H2,1H3,(H3,17,18)(H2,19,20). The van der Waals surface area contributed by atoms with Gasteiger partial charge in [0.15, 0.2) is 0 Å². The van der Waals surface area contributed by atoms with E-state index >= 15 is 0 Å². The normalized spacial score (nSPS) is 11.9. The fraction of sp³-hybridized carbons (Fsp3) is 0.308.